The number of nitrogens with zero attached hydrogens (tertiary/aromatic N) is 3. The van der Waals surface area contributed by atoms with Gasteiger partial charge < -0.3 is 14.4 Å². The van der Waals surface area contributed by atoms with Crippen molar-refractivity contribution >= 4 is 5.91 Å². The molecule has 0 N–H and O–H groups in total. The number of benzene rings is 3. The van der Waals surface area contributed by atoms with Crippen molar-refractivity contribution < 1.29 is 14.3 Å². The Kier molecular flexibility index (Phi) is 6.38. The fourth-order valence-electron chi connectivity index (χ4n) is 4.15. The van der Waals surface area contributed by atoms with Crippen LogP contribution in [0.4, 0.5) is 0 Å². The van der Waals surface area contributed by atoms with Crippen LogP contribution in [0.15, 0.2) is 115 Å². The molecule has 5 rings (SSSR count). The lowest BCUT2D eigenvalue weighted by Crippen LogP contribution is -2.43. The standard InChI is InChI=1S/C28H25N3O3/c32-28(24-14-7-8-15-25(24)31-17-9-16-29-31)30(19-23-12-5-2-6-13-23)26(27-20-33-21-34-27)18-22-10-3-1-4-11-22/h1-17,20,26H,18-19,21H2. The Bertz CT molecular complexity index is 1250. The molecule has 34 heavy (non-hydrogen) atoms. The Morgan fingerprint density at radius 2 is 1.62 bits per heavy atom. The average molecular weight is 452 g/mol. The van der Waals surface area contributed by atoms with E-state index in [2.05, 4.69) is 17.2 Å². The molecule has 1 aliphatic heterocycles. The van der Waals surface area contributed by atoms with Gasteiger partial charge >= 0.3 is 0 Å². The predicted octanol–water partition coefficient (Wildman–Crippen LogP) is 4.97. The number of hydrogen-bond donors (Lipinski definition) is 0. The maximum Gasteiger partial charge on any atom is 0.256 e. The van der Waals surface area contributed by atoms with E-state index in [1.165, 1.54) is 0 Å². The van der Waals surface area contributed by atoms with E-state index in [4.69, 9.17) is 9.47 Å². The second-order valence-corrected chi connectivity index (χ2v) is 8.04. The summed E-state index contributed by atoms with van der Waals surface area (Å²) in [6.45, 7) is 0.573. The predicted molar refractivity (Wildman–Crippen MR) is 129 cm³/mol. The molecule has 2 heterocycles. The highest BCUT2D eigenvalue weighted by atomic mass is 16.7. The van der Waals surface area contributed by atoms with Gasteiger partial charge in [0, 0.05) is 25.4 Å². The van der Waals surface area contributed by atoms with Crippen LogP contribution in [0.5, 0.6) is 0 Å². The number of para-hydroxylation sites is 1. The molecule has 0 saturated heterocycles. The van der Waals surface area contributed by atoms with Gasteiger partial charge in [0.2, 0.25) is 6.79 Å². The SMILES string of the molecule is O=C(c1ccccc1-n1cccn1)N(Cc1ccccc1)C(Cc1ccccc1)C1=COCO1. The highest BCUT2D eigenvalue weighted by Crippen LogP contribution is 2.26. The summed E-state index contributed by atoms with van der Waals surface area (Å²) < 4.78 is 12.9. The summed E-state index contributed by atoms with van der Waals surface area (Å²) >= 11 is 0. The molecule has 1 amide bonds. The van der Waals surface area contributed by atoms with E-state index < -0.39 is 0 Å². The van der Waals surface area contributed by atoms with Gasteiger partial charge in [0.25, 0.3) is 5.91 Å². The van der Waals surface area contributed by atoms with Crippen molar-refractivity contribution in [2.45, 2.75) is 19.0 Å². The summed E-state index contributed by atoms with van der Waals surface area (Å²) in [6, 6.07) is 29.1. The van der Waals surface area contributed by atoms with E-state index in [-0.39, 0.29) is 18.7 Å². The zero-order chi connectivity index (χ0) is 23.2. The van der Waals surface area contributed by atoms with Crippen LogP contribution in [0.3, 0.4) is 0 Å². The summed E-state index contributed by atoms with van der Waals surface area (Å²) in [5, 5.41) is 4.35. The molecule has 6 nitrogen and oxygen atoms in total. The van der Waals surface area contributed by atoms with Crippen LogP contribution in [0, 0.1) is 0 Å². The van der Waals surface area contributed by atoms with E-state index in [9.17, 15) is 4.79 Å². The number of amides is 1. The maximum atomic E-state index is 14.2. The minimum atomic E-state index is -0.344. The van der Waals surface area contributed by atoms with Gasteiger partial charge in [-0.05, 0) is 29.3 Å². The number of carbonyl (C=O) groups is 1. The number of carbonyl (C=O) groups excluding carboxylic acids is 1. The van der Waals surface area contributed by atoms with Crippen LogP contribution in [0.1, 0.15) is 21.5 Å². The lowest BCUT2D eigenvalue weighted by molar-refractivity contribution is 0.0472. The van der Waals surface area contributed by atoms with Crippen molar-refractivity contribution in [3.05, 3.63) is 132 Å². The van der Waals surface area contributed by atoms with Gasteiger partial charge in [-0.15, -0.1) is 0 Å². The largest absolute Gasteiger partial charge is 0.462 e. The first kappa shape index (κ1) is 21.5. The molecule has 170 valence electrons. The molecule has 0 saturated carbocycles. The molecule has 0 radical (unpaired) electrons. The number of aromatic nitrogens is 2. The minimum absolute atomic E-state index is 0.104. The fraction of sp³-hybridized carbons (Fsp3) is 0.143. The monoisotopic (exact) mass is 451 g/mol. The molecule has 1 unspecified atom stereocenters. The summed E-state index contributed by atoms with van der Waals surface area (Å²) in [4.78, 5) is 16.1. The van der Waals surface area contributed by atoms with E-state index in [0.717, 1.165) is 16.8 Å². The summed E-state index contributed by atoms with van der Waals surface area (Å²) in [5.74, 6) is 0.539. The number of hydrogen-bond acceptors (Lipinski definition) is 4. The van der Waals surface area contributed by atoms with Crippen LogP contribution in [0.25, 0.3) is 5.69 Å². The smallest absolute Gasteiger partial charge is 0.256 e. The molecule has 0 fully saturated rings. The van der Waals surface area contributed by atoms with Crippen molar-refractivity contribution in [3.8, 4) is 5.69 Å². The quantitative estimate of drug-likeness (QED) is 0.380. The highest BCUT2D eigenvalue weighted by molar-refractivity contribution is 5.98. The van der Waals surface area contributed by atoms with Crippen molar-refractivity contribution in [3.63, 3.8) is 0 Å². The lowest BCUT2D eigenvalue weighted by Gasteiger charge is -2.32. The average Bonchev–Trinajstić information content (AvgIpc) is 3.62. The summed E-state index contributed by atoms with van der Waals surface area (Å²) in [7, 11) is 0. The number of ether oxygens (including phenoxy) is 2. The Morgan fingerprint density at radius 3 is 2.29 bits per heavy atom. The van der Waals surface area contributed by atoms with Crippen LogP contribution in [-0.4, -0.2) is 33.4 Å². The normalized spacial score (nSPS) is 13.5. The molecular weight excluding hydrogens is 426 g/mol. The van der Waals surface area contributed by atoms with E-state index in [1.54, 1.807) is 17.1 Å². The molecule has 1 atom stereocenters. The fourth-order valence-corrected chi connectivity index (χ4v) is 4.15. The Hall–Kier alpha value is -4.32. The van der Waals surface area contributed by atoms with E-state index in [1.807, 2.05) is 90.0 Å². The summed E-state index contributed by atoms with van der Waals surface area (Å²) in [6.07, 6.45) is 5.76. The van der Waals surface area contributed by atoms with Gasteiger partial charge in [-0.1, -0.05) is 72.8 Å². The third-order valence-electron chi connectivity index (χ3n) is 5.81. The minimum Gasteiger partial charge on any atom is -0.462 e. The third kappa shape index (κ3) is 4.71. The van der Waals surface area contributed by atoms with Crippen molar-refractivity contribution in [1.29, 1.82) is 0 Å². The van der Waals surface area contributed by atoms with Crippen LogP contribution in [0.2, 0.25) is 0 Å². The zero-order valence-electron chi connectivity index (χ0n) is 18.7. The first-order valence-corrected chi connectivity index (χ1v) is 11.2. The van der Waals surface area contributed by atoms with Crippen LogP contribution < -0.4 is 0 Å². The van der Waals surface area contributed by atoms with Crippen molar-refractivity contribution in [2.24, 2.45) is 0 Å². The van der Waals surface area contributed by atoms with Gasteiger partial charge in [-0.3, -0.25) is 4.79 Å². The molecule has 0 spiro atoms. The zero-order valence-corrected chi connectivity index (χ0v) is 18.7. The molecule has 0 bridgehead atoms. The number of rotatable bonds is 8. The van der Waals surface area contributed by atoms with Gasteiger partial charge in [0.05, 0.1) is 17.3 Å². The second kappa shape index (κ2) is 10.1. The van der Waals surface area contributed by atoms with Gasteiger partial charge in [-0.2, -0.15) is 5.10 Å². The second-order valence-electron chi connectivity index (χ2n) is 8.04. The molecule has 3 aromatic carbocycles. The molecule has 0 aliphatic carbocycles. The lowest BCUT2D eigenvalue weighted by atomic mass is 10.0. The van der Waals surface area contributed by atoms with E-state index >= 15 is 0 Å². The van der Waals surface area contributed by atoms with E-state index in [0.29, 0.717) is 24.3 Å². The first-order valence-electron chi connectivity index (χ1n) is 11.2. The Morgan fingerprint density at radius 1 is 0.912 bits per heavy atom. The van der Waals surface area contributed by atoms with Crippen LogP contribution in [-0.2, 0) is 22.4 Å². The topological polar surface area (TPSA) is 56.6 Å². The first-order chi connectivity index (χ1) is 16.8. The third-order valence-corrected chi connectivity index (χ3v) is 5.81. The summed E-state index contributed by atoms with van der Waals surface area (Å²) in [5.41, 5.74) is 3.44. The molecule has 1 aliphatic rings. The molecule has 4 aromatic rings. The Balaban J connectivity index is 1.58. The van der Waals surface area contributed by atoms with Gasteiger partial charge in [0.15, 0.2) is 5.76 Å². The maximum absolute atomic E-state index is 14.2. The molecule has 6 heteroatoms. The molecule has 1 aromatic heterocycles. The van der Waals surface area contributed by atoms with Gasteiger partial charge in [-0.25, -0.2) is 4.68 Å². The van der Waals surface area contributed by atoms with Crippen molar-refractivity contribution in [2.75, 3.05) is 6.79 Å². The highest BCUT2D eigenvalue weighted by Gasteiger charge is 2.32. The molecular formula is C28H25N3O3. The Labute approximate surface area is 198 Å². The van der Waals surface area contributed by atoms with Gasteiger partial charge in [0.1, 0.15) is 6.26 Å². The van der Waals surface area contributed by atoms with Crippen LogP contribution >= 0.6 is 0 Å². The van der Waals surface area contributed by atoms with Crippen molar-refractivity contribution in [1.82, 2.24) is 14.7 Å².